The van der Waals surface area contributed by atoms with Gasteiger partial charge in [-0.1, -0.05) is 24.1 Å². The predicted octanol–water partition coefficient (Wildman–Crippen LogP) is 2.10. The summed E-state index contributed by atoms with van der Waals surface area (Å²) in [7, 11) is 1.93. The molecular formula is C12H13NS. The second-order valence-corrected chi connectivity index (χ2v) is 4.45. The van der Waals surface area contributed by atoms with Crippen LogP contribution in [0.1, 0.15) is 11.5 Å². The number of benzene rings is 1. The fourth-order valence-corrected chi connectivity index (χ4v) is 3.16. The highest BCUT2D eigenvalue weighted by atomic mass is 32.2. The van der Waals surface area contributed by atoms with E-state index in [1.165, 1.54) is 10.5 Å². The third-order valence-corrected chi connectivity index (χ3v) is 3.84. The maximum atomic E-state index is 5.50. The van der Waals surface area contributed by atoms with E-state index in [1.807, 2.05) is 18.8 Å². The summed E-state index contributed by atoms with van der Waals surface area (Å²) in [6, 6.07) is 8.68. The zero-order chi connectivity index (χ0) is 9.97. The lowest BCUT2D eigenvalue weighted by Gasteiger charge is -2.17. The third-order valence-electron chi connectivity index (χ3n) is 2.63. The molecule has 0 aromatic heterocycles. The van der Waals surface area contributed by atoms with Gasteiger partial charge in [0, 0.05) is 16.6 Å². The number of hydrogen-bond acceptors (Lipinski definition) is 2. The Bertz CT molecular complexity index is 367. The molecule has 14 heavy (non-hydrogen) atoms. The van der Waals surface area contributed by atoms with E-state index in [0.717, 1.165) is 5.75 Å². The largest absolute Gasteiger partial charge is 0.306 e. The normalized spacial score (nSPS) is 21.3. The van der Waals surface area contributed by atoms with Crippen molar-refractivity contribution in [1.29, 1.82) is 0 Å². The predicted molar refractivity (Wildman–Crippen MR) is 61.6 cm³/mol. The summed E-state index contributed by atoms with van der Waals surface area (Å²) in [5.41, 5.74) is 1.40. The zero-order valence-electron chi connectivity index (χ0n) is 8.16. The molecule has 1 heterocycles. The summed E-state index contributed by atoms with van der Waals surface area (Å²) >= 11 is 1.90. The Kier molecular flexibility index (Phi) is 2.81. The van der Waals surface area contributed by atoms with E-state index in [-0.39, 0.29) is 6.04 Å². The van der Waals surface area contributed by atoms with Crippen LogP contribution in [-0.2, 0) is 0 Å². The van der Waals surface area contributed by atoms with Gasteiger partial charge in [-0.3, -0.25) is 0 Å². The monoisotopic (exact) mass is 203 g/mol. The molecule has 0 aliphatic carbocycles. The Morgan fingerprint density at radius 2 is 2.36 bits per heavy atom. The summed E-state index contributed by atoms with van der Waals surface area (Å²) in [5, 5.41) is 3.19. The minimum Gasteiger partial charge on any atom is -0.306 e. The Hall–Kier alpha value is -0.910. The van der Waals surface area contributed by atoms with Crippen LogP contribution in [-0.4, -0.2) is 18.8 Å². The summed E-state index contributed by atoms with van der Waals surface area (Å²) in [6.07, 6.45) is 5.50. The molecule has 1 aliphatic heterocycles. The van der Waals surface area contributed by atoms with Gasteiger partial charge in [0.25, 0.3) is 0 Å². The van der Waals surface area contributed by atoms with E-state index in [0.29, 0.717) is 5.92 Å². The molecule has 0 spiro atoms. The quantitative estimate of drug-likeness (QED) is 0.739. The number of fused-ring (bicyclic) bond motifs is 1. The van der Waals surface area contributed by atoms with Crippen LogP contribution >= 0.6 is 11.8 Å². The summed E-state index contributed by atoms with van der Waals surface area (Å²) in [4.78, 5) is 1.38. The Balaban J connectivity index is 2.30. The third kappa shape index (κ3) is 1.54. The van der Waals surface area contributed by atoms with E-state index < -0.39 is 0 Å². The average molecular weight is 203 g/mol. The number of nitrogens with one attached hydrogen (secondary N) is 1. The standard InChI is InChI=1S/C12H13NS/c1-3-11(13-2)10-8-14-12-7-5-4-6-9(10)12/h1,4-7,10-11,13H,8H2,2H3. The first-order valence-electron chi connectivity index (χ1n) is 4.72. The maximum Gasteiger partial charge on any atom is 0.0762 e. The van der Waals surface area contributed by atoms with Gasteiger partial charge in [0.2, 0.25) is 0 Å². The van der Waals surface area contributed by atoms with Crippen LogP contribution in [0.25, 0.3) is 0 Å². The lowest BCUT2D eigenvalue weighted by atomic mass is 9.94. The smallest absolute Gasteiger partial charge is 0.0762 e. The van der Waals surface area contributed by atoms with Crippen LogP contribution in [0.15, 0.2) is 29.2 Å². The van der Waals surface area contributed by atoms with Gasteiger partial charge in [0.15, 0.2) is 0 Å². The first-order chi connectivity index (χ1) is 6.86. The molecule has 72 valence electrons. The van der Waals surface area contributed by atoms with Crippen molar-refractivity contribution >= 4 is 11.8 Å². The Morgan fingerprint density at radius 3 is 3.07 bits per heavy atom. The van der Waals surface area contributed by atoms with Crippen LogP contribution < -0.4 is 5.32 Å². The van der Waals surface area contributed by atoms with Gasteiger partial charge < -0.3 is 5.32 Å². The van der Waals surface area contributed by atoms with E-state index in [4.69, 9.17) is 6.42 Å². The SMILES string of the molecule is C#CC(NC)C1CSc2ccccc21. The molecule has 1 N–H and O–H groups in total. The van der Waals surface area contributed by atoms with Crippen molar-refractivity contribution in [1.82, 2.24) is 5.32 Å². The minimum absolute atomic E-state index is 0.158. The number of thioether (sulfide) groups is 1. The van der Waals surface area contributed by atoms with Gasteiger partial charge in [0.05, 0.1) is 6.04 Å². The summed E-state index contributed by atoms with van der Waals surface area (Å²) in [5.74, 6) is 4.37. The molecule has 1 aromatic rings. The van der Waals surface area contributed by atoms with Crippen molar-refractivity contribution in [3.05, 3.63) is 29.8 Å². The highest BCUT2D eigenvalue weighted by Crippen LogP contribution is 2.40. The fraction of sp³-hybridized carbons (Fsp3) is 0.333. The number of hydrogen-bond donors (Lipinski definition) is 1. The van der Waals surface area contributed by atoms with Crippen molar-refractivity contribution in [2.45, 2.75) is 16.9 Å². The van der Waals surface area contributed by atoms with Gasteiger partial charge in [-0.05, 0) is 18.7 Å². The fourth-order valence-electron chi connectivity index (χ4n) is 1.86. The molecule has 2 heteroatoms. The first kappa shape index (κ1) is 9.64. The molecule has 0 saturated carbocycles. The number of terminal acetylenes is 1. The molecule has 2 unspecified atom stereocenters. The molecule has 0 saturated heterocycles. The average Bonchev–Trinajstić information content (AvgIpc) is 2.65. The maximum absolute atomic E-state index is 5.50. The number of rotatable bonds is 2. The van der Waals surface area contributed by atoms with Gasteiger partial charge in [0.1, 0.15) is 0 Å². The molecule has 0 fully saturated rings. The number of likely N-dealkylation sites (N-methyl/N-ethyl adjacent to an activating group) is 1. The van der Waals surface area contributed by atoms with Crippen LogP contribution in [0.2, 0.25) is 0 Å². The van der Waals surface area contributed by atoms with Crippen molar-refractivity contribution in [2.75, 3.05) is 12.8 Å². The highest BCUT2D eigenvalue weighted by Gasteiger charge is 2.27. The van der Waals surface area contributed by atoms with E-state index >= 15 is 0 Å². The van der Waals surface area contributed by atoms with Gasteiger partial charge in [-0.2, -0.15) is 0 Å². The topological polar surface area (TPSA) is 12.0 Å². The zero-order valence-corrected chi connectivity index (χ0v) is 8.97. The van der Waals surface area contributed by atoms with Crippen molar-refractivity contribution in [3.63, 3.8) is 0 Å². The highest BCUT2D eigenvalue weighted by molar-refractivity contribution is 7.99. The summed E-state index contributed by atoms with van der Waals surface area (Å²) < 4.78 is 0. The molecule has 2 rings (SSSR count). The Morgan fingerprint density at radius 1 is 1.57 bits per heavy atom. The van der Waals surface area contributed by atoms with Gasteiger partial charge in [-0.15, -0.1) is 18.2 Å². The summed E-state index contributed by atoms with van der Waals surface area (Å²) in [6.45, 7) is 0. The van der Waals surface area contributed by atoms with E-state index in [2.05, 4.69) is 35.5 Å². The van der Waals surface area contributed by atoms with Crippen LogP contribution in [0.4, 0.5) is 0 Å². The minimum atomic E-state index is 0.158. The van der Waals surface area contributed by atoms with Crippen LogP contribution in [0, 0.1) is 12.3 Å². The molecule has 1 nitrogen and oxygen atoms in total. The molecule has 0 amide bonds. The second kappa shape index (κ2) is 4.08. The lowest BCUT2D eigenvalue weighted by Crippen LogP contribution is -2.30. The van der Waals surface area contributed by atoms with Crippen LogP contribution in [0.3, 0.4) is 0 Å². The van der Waals surface area contributed by atoms with Gasteiger partial charge in [-0.25, -0.2) is 0 Å². The molecule has 1 aromatic carbocycles. The van der Waals surface area contributed by atoms with Crippen LogP contribution in [0.5, 0.6) is 0 Å². The van der Waals surface area contributed by atoms with Gasteiger partial charge >= 0.3 is 0 Å². The van der Waals surface area contributed by atoms with E-state index in [1.54, 1.807) is 0 Å². The lowest BCUT2D eigenvalue weighted by molar-refractivity contribution is 0.594. The molecular weight excluding hydrogens is 190 g/mol. The molecule has 0 bridgehead atoms. The van der Waals surface area contributed by atoms with E-state index in [9.17, 15) is 0 Å². The molecule has 2 atom stereocenters. The van der Waals surface area contributed by atoms with Crippen molar-refractivity contribution in [3.8, 4) is 12.3 Å². The first-order valence-corrected chi connectivity index (χ1v) is 5.70. The van der Waals surface area contributed by atoms with Crippen molar-refractivity contribution < 1.29 is 0 Å². The molecule has 1 aliphatic rings. The van der Waals surface area contributed by atoms with Crippen molar-refractivity contribution in [2.24, 2.45) is 0 Å². The molecule has 0 radical (unpaired) electrons. The Labute approximate surface area is 89.3 Å². The second-order valence-electron chi connectivity index (χ2n) is 3.39.